The molecule has 22 heavy (non-hydrogen) atoms. The Morgan fingerprint density at radius 3 is 2.82 bits per heavy atom. The third-order valence-corrected chi connectivity index (χ3v) is 4.33. The highest BCUT2D eigenvalue weighted by molar-refractivity contribution is 5.91. The predicted molar refractivity (Wildman–Crippen MR) is 80.0 cm³/mol. The van der Waals surface area contributed by atoms with Crippen LogP contribution in [0.5, 0.6) is 11.5 Å². The number of ketones is 1. The van der Waals surface area contributed by atoms with Crippen LogP contribution < -0.4 is 9.47 Å². The van der Waals surface area contributed by atoms with E-state index in [1.54, 1.807) is 20.3 Å². The lowest BCUT2D eigenvalue weighted by molar-refractivity contribution is -0.117. The Morgan fingerprint density at radius 2 is 2.05 bits per heavy atom. The Labute approximate surface area is 129 Å². The van der Waals surface area contributed by atoms with Gasteiger partial charge in [-0.25, -0.2) is 0 Å². The summed E-state index contributed by atoms with van der Waals surface area (Å²) in [5, 5.41) is 0. The van der Waals surface area contributed by atoms with E-state index in [0.717, 1.165) is 24.2 Å². The second kappa shape index (κ2) is 6.01. The van der Waals surface area contributed by atoms with E-state index < -0.39 is 5.60 Å². The molecule has 1 aliphatic carbocycles. The van der Waals surface area contributed by atoms with Gasteiger partial charge < -0.3 is 18.9 Å². The summed E-state index contributed by atoms with van der Waals surface area (Å²) in [4.78, 5) is 11.5. The average molecular weight is 304 g/mol. The summed E-state index contributed by atoms with van der Waals surface area (Å²) in [6.45, 7) is 0.227. The summed E-state index contributed by atoms with van der Waals surface area (Å²) in [6, 6.07) is 5.90. The fraction of sp³-hybridized carbons (Fsp3) is 0.471. The molecule has 118 valence electrons. The molecule has 1 heterocycles. The predicted octanol–water partition coefficient (Wildman–Crippen LogP) is 2.63. The monoisotopic (exact) mass is 304 g/mol. The van der Waals surface area contributed by atoms with Gasteiger partial charge in [0.25, 0.3) is 0 Å². The number of methoxy groups -OCH3 is 2. The Bertz CT molecular complexity index is 607. The average Bonchev–Trinajstić information content (AvgIpc) is 2.96. The zero-order valence-corrected chi connectivity index (χ0v) is 12.9. The molecule has 1 aromatic rings. The van der Waals surface area contributed by atoms with Crippen molar-refractivity contribution in [2.45, 2.75) is 31.3 Å². The first-order valence-corrected chi connectivity index (χ1v) is 7.39. The van der Waals surface area contributed by atoms with E-state index >= 15 is 0 Å². The second-order valence-corrected chi connectivity index (χ2v) is 5.57. The van der Waals surface area contributed by atoms with Crippen molar-refractivity contribution in [3.8, 4) is 11.5 Å². The minimum atomic E-state index is -0.443. The van der Waals surface area contributed by atoms with E-state index in [2.05, 4.69) is 0 Å². The van der Waals surface area contributed by atoms with Crippen LogP contribution in [-0.4, -0.2) is 32.4 Å². The highest BCUT2D eigenvalue weighted by atomic mass is 16.7. The lowest BCUT2D eigenvalue weighted by atomic mass is 9.83. The van der Waals surface area contributed by atoms with Gasteiger partial charge in [-0.1, -0.05) is 6.07 Å². The molecule has 0 N–H and O–H groups in total. The molecule has 3 rings (SSSR count). The summed E-state index contributed by atoms with van der Waals surface area (Å²) in [6.07, 6.45) is 4.38. The summed E-state index contributed by atoms with van der Waals surface area (Å²) in [7, 11) is 3.25. The molecule has 1 fully saturated rings. The summed E-state index contributed by atoms with van der Waals surface area (Å²) >= 11 is 0. The fourth-order valence-electron chi connectivity index (χ4n) is 3.02. The first kappa shape index (κ1) is 14.9. The summed E-state index contributed by atoms with van der Waals surface area (Å²) < 4.78 is 21.9. The van der Waals surface area contributed by atoms with E-state index in [4.69, 9.17) is 18.9 Å². The Hall–Kier alpha value is -2.01. The van der Waals surface area contributed by atoms with Crippen molar-refractivity contribution < 1.29 is 23.7 Å². The van der Waals surface area contributed by atoms with Gasteiger partial charge in [-0.3, -0.25) is 4.79 Å². The number of hydrogen-bond donors (Lipinski definition) is 0. The molecule has 0 aromatic heterocycles. The molecule has 5 heteroatoms. The molecule has 5 nitrogen and oxygen atoms in total. The van der Waals surface area contributed by atoms with Crippen molar-refractivity contribution in [2.75, 3.05) is 21.0 Å². The molecule has 1 saturated heterocycles. The summed E-state index contributed by atoms with van der Waals surface area (Å²) in [5.74, 6) is 2.23. The highest BCUT2D eigenvalue weighted by Crippen LogP contribution is 2.41. The van der Waals surface area contributed by atoms with Gasteiger partial charge in [0.15, 0.2) is 24.1 Å². The molecule has 0 radical (unpaired) electrons. The molecule has 2 aliphatic rings. The topological polar surface area (TPSA) is 54.0 Å². The van der Waals surface area contributed by atoms with Crippen LogP contribution in [-0.2, 0) is 20.7 Å². The van der Waals surface area contributed by atoms with Crippen LogP contribution in [0.4, 0.5) is 0 Å². The third kappa shape index (κ3) is 2.68. The SMILES string of the molecule is COc1ccc(CC[C@]23CCC(=O)C=C2OCO3)cc1OC. The fourth-order valence-corrected chi connectivity index (χ4v) is 3.02. The van der Waals surface area contributed by atoms with Crippen molar-refractivity contribution in [3.63, 3.8) is 0 Å². The maximum Gasteiger partial charge on any atom is 0.189 e. The molecule has 1 aromatic carbocycles. The maximum atomic E-state index is 11.5. The second-order valence-electron chi connectivity index (χ2n) is 5.57. The number of fused-ring (bicyclic) bond motifs is 1. The zero-order valence-electron chi connectivity index (χ0n) is 12.9. The van der Waals surface area contributed by atoms with E-state index in [0.29, 0.717) is 24.4 Å². The molecule has 0 saturated carbocycles. The van der Waals surface area contributed by atoms with Gasteiger partial charge >= 0.3 is 0 Å². The largest absolute Gasteiger partial charge is 0.493 e. The number of carbonyl (C=O) groups excluding carboxylic acids is 1. The first-order chi connectivity index (χ1) is 10.7. The quantitative estimate of drug-likeness (QED) is 0.837. The number of hydrogen-bond acceptors (Lipinski definition) is 5. The molecule has 0 bridgehead atoms. The molecular weight excluding hydrogens is 284 g/mol. The minimum absolute atomic E-state index is 0.113. The van der Waals surface area contributed by atoms with Gasteiger partial charge in [0.1, 0.15) is 11.4 Å². The van der Waals surface area contributed by atoms with Crippen LogP contribution in [0.1, 0.15) is 24.8 Å². The third-order valence-electron chi connectivity index (χ3n) is 4.33. The van der Waals surface area contributed by atoms with E-state index in [-0.39, 0.29) is 12.6 Å². The van der Waals surface area contributed by atoms with Gasteiger partial charge in [0.05, 0.1) is 14.2 Å². The maximum absolute atomic E-state index is 11.5. The molecule has 1 atom stereocenters. The van der Waals surface area contributed by atoms with E-state index in [1.165, 1.54) is 0 Å². The normalized spacial score (nSPS) is 23.5. The van der Waals surface area contributed by atoms with Crippen LogP contribution >= 0.6 is 0 Å². The molecule has 1 aliphatic heterocycles. The lowest BCUT2D eigenvalue weighted by Crippen LogP contribution is -2.34. The van der Waals surface area contributed by atoms with Crippen LogP contribution in [0.15, 0.2) is 30.0 Å². The smallest absolute Gasteiger partial charge is 0.189 e. The number of aryl methyl sites for hydroxylation is 1. The Kier molecular flexibility index (Phi) is 4.07. The van der Waals surface area contributed by atoms with Crippen molar-refractivity contribution in [3.05, 3.63) is 35.6 Å². The van der Waals surface area contributed by atoms with Crippen molar-refractivity contribution in [1.82, 2.24) is 0 Å². The number of ether oxygens (including phenoxy) is 4. The van der Waals surface area contributed by atoms with Gasteiger partial charge in [-0.15, -0.1) is 0 Å². The first-order valence-electron chi connectivity index (χ1n) is 7.39. The van der Waals surface area contributed by atoms with Gasteiger partial charge in [0, 0.05) is 12.5 Å². The standard InChI is InChI=1S/C17H20O5/c1-19-14-4-3-12(9-15(14)20-2)5-7-17-8-6-13(18)10-16(17)21-11-22-17/h3-4,9-10H,5-8,11H2,1-2H3/t17-/m0/s1. The number of allylic oxidation sites excluding steroid dienone is 1. The number of carbonyl (C=O) groups is 1. The summed E-state index contributed by atoms with van der Waals surface area (Å²) in [5.41, 5.74) is 0.694. The number of benzene rings is 1. The molecule has 0 spiro atoms. The van der Waals surface area contributed by atoms with Crippen LogP contribution in [0, 0.1) is 0 Å². The van der Waals surface area contributed by atoms with Crippen molar-refractivity contribution >= 4 is 5.78 Å². The van der Waals surface area contributed by atoms with Gasteiger partial charge in [-0.05, 0) is 37.0 Å². The zero-order chi connectivity index (χ0) is 15.6. The Morgan fingerprint density at radius 1 is 1.23 bits per heavy atom. The van der Waals surface area contributed by atoms with E-state index in [1.807, 2.05) is 18.2 Å². The lowest BCUT2D eigenvalue weighted by Gasteiger charge is -2.29. The number of rotatable bonds is 5. The minimum Gasteiger partial charge on any atom is -0.493 e. The molecular formula is C17H20O5. The highest BCUT2D eigenvalue weighted by Gasteiger charge is 2.44. The van der Waals surface area contributed by atoms with Gasteiger partial charge in [0.2, 0.25) is 0 Å². The van der Waals surface area contributed by atoms with Gasteiger partial charge in [-0.2, -0.15) is 0 Å². The molecule has 0 unspecified atom stereocenters. The van der Waals surface area contributed by atoms with Crippen molar-refractivity contribution in [1.29, 1.82) is 0 Å². The van der Waals surface area contributed by atoms with Crippen LogP contribution in [0.3, 0.4) is 0 Å². The van der Waals surface area contributed by atoms with Crippen LogP contribution in [0.2, 0.25) is 0 Å². The Balaban J connectivity index is 1.75. The van der Waals surface area contributed by atoms with Crippen molar-refractivity contribution in [2.24, 2.45) is 0 Å². The van der Waals surface area contributed by atoms with E-state index in [9.17, 15) is 4.79 Å². The molecule has 0 amide bonds. The van der Waals surface area contributed by atoms with Crippen LogP contribution in [0.25, 0.3) is 0 Å².